The number of benzene rings is 1. The molecular weight excluding hydrogens is 311 g/mol. The van der Waals surface area contributed by atoms with Gasteiger partial charge < -0.3 is 17.6 Å². The Hall–Kier alpha value is -2.21. The predicted molar refractivity (Wildman–Crippen MR) is 80.7 cm³/mol. The third-order valence-corrected chi connectivity index (χ3v) is 4.25. The van der Waals surface area contributed by atoms with Gasteiger partial charge in [0.15, 0.2) is 5.70 Å². The largest absolute Gasteiger partial charge is 0.737 e. The first-order valence-corrected chi connectivity index (χ1v) is 7.07. The molecule has 110 valence electrons. The average Bonchev–Trinajstić information content (AvgIpc) is 3.11. The first-order chi connectivity index (χ1) is 10.5. The first kappa shape index (κ1) is 13.5. The Bertz CT molecular complexity index is 896. The molecule has 0 N–H and O–H groups in total. The number of aromatic nitrogens is 1. The number of halogens is 4. The molecule has 0 saturated carbocycles. The summed E-state index contributed by atoms with van der Waals surface area (Å²) in [7, 11) is 0. The van der Waals surface area contributed by atoms with E-state index in [9.17, 15) is 13.0 Å². The maximum atomic E-state index is 14.6. The number of fused-ring (bicyclic) bond motifs is 2. The maximum absolute atomic E-state index is 14.6. The van der Waals surface area contributed by atoms with E-state index < -0.39 is 12.8 Å². The monoisotopic (exact) mass is 320 g/mol. The van der Waals surface area contributed by atoms with Crippen LogP contribution in [0.5, 0.6) is 0 Å². The Labute approximate surface area is 129 Å². The van der Waals surface area contributed by atoms with E-state index in [-0.39, 0.29) is 5.02 Å². The van der Waals surface area contributed by atoms with Crippen molar-refractivity contribution in [2.24, 2.45) is 0 Å². The van der Waals surface area contributed by atoms with E-state index >= 15 is 0 Å². The van der Waals surface area contributed by atoms with Crippen LogP contribution in [-0.4, -0.2) is 22.1 Å². The van der Waals surface area contributed by atoms with Crippen molar-refractivity contribution in [2.45, 2.75) is 0 Å². The van der Waals surface area contributed by atoms with Crippen LogP contribution in [-0.2, 0) is 0 Å². The molecule has 2 aromatic rings. The smallest absolute Gasteiger partial charge is 0.396 e. The molecule has 4 rings (SSSR count). The SMILES string of the molecule is Fc1ccc(C2=C3C=CC=[N+]3[B-](F)(F)n3cccc32)c(Cl)c1. The maximum Gasteiger partial charge on any atom is 0.737 e. The zero-order valence-corrected chi connectivity index (χ0v) is 11.9. The van der Waals surface area contributed by atoms with Crippen LogP contribution in [0.3, 0.4) is 0 Å². The Balaban J connectivity index is 2.07. The lowest BCUT2D eigenvalue weighted by Crippen LogP contribution is -2.49. The summed E-state index contributed by atoms with van der Waals surface area (Å²) >= 11 is 6.14. The second-order valence-corrected chi connectivity index (χ2v) is 5.60. The van der Waals surface area contributed by atoms with Crippen LogP contribution in [0, 0.1) is 5.82 Å². The van der Waals surface area contributed by atoms with Crippen LogP contribution in [0.1, 0.15) is 11.3 Å². The van der Waals surface area contributed by atoms with Gasteiger partial charge in [0.2, 0.25) is 0 Å². The highest BCUT2D eigenvalue weighted by atomic mass is 35.5. The van der Waals surface area contributed by atoms with Gasteiger partial charge in [0.1, 0.15) is 12.0 Å². The van der Waals surface area contributed by atoms with Crippen molar-refractivity contribution >= 4 is 30.4 Å². The minimum absolute atomic E-state index is 0.188. The van der Waals surface area contributed by atoms with Crippen molar-refractivity contribution in [3.05, 3.63) is 76.5 Å². The summed E-state index contributed by atoms with van der Waals surface area (Å²) in [6, 6.07) is 7.14. The van der Waals surface area contributed by atoms with Crippen molar-refractivity contribution in [1.29, 1.82) is 0 Å². The summed E-state index contributed by atoms with van der Waals surface area (Å²) in [5, 5.41) is 0.188. The van der Waals surface area contributed by atoms with Gasteiger partial charge in [-0.25, -0.2) is 4.39 Å². The summed E-state index contributed by atoms with van der Waals surface area (Å²) in [4.78, 5) is 0. The zero-order chi connectivity index (χ0) is 15.5. The van der Waals surface area contributed by atoms with Gasteiger partial charge in [-0.05, 0) is 36.5 Å². The fourth-order valence-electron chi connectivity index (χ4n) is 2.99. The predicted octanol–water partition coefficient (Wildman–Crippen LogP) is 3.93. The van der Waals surface area contributed by atoms with E-state index in [0.717, 1.165) is 8.96 Å². The molecule has 0 bridgehead atoms. The molecule has 0 saturated heterocycles. The number of allylic oxidation sites excluding steroid dienone is 2. The van der Waals surface area contributed by atoms with Crippen molar-refractivity contribution in [3.8, 4) is 0 Å². The molecule has 2 aliphatic heterocycles. The minimum atomic E-state index is -3.94. The van der Waals surface area contributed by atoms with Gasteiger partial charge in [-0.15, -0.1) is 0 Å². The van der Waals surface area contributed by atoms with Crippen LogP contribution >= 0.6 is 11.6 Å². The normalized spacial score (nSPS) is 18.3. The fourth-order valence-corrected chi connectivity index (χ4v) is 3.25. The molecule has 0 unspecified atom stereocenters. The standard InChI is InChI=1S/C15H9BClF3N2/c17-12-9-10(18)5-6-11(12)15-13-3-1-7-21(13)16(19,20)22-8-2-4-14(15)22/h1-9H. The first-order valence-electron chi connectivity index (χ1n) is 6.69. The molecule has 0 fully saturated rings. The topological polar surface area (TPSA) is 7.94 Å². The van der Waals surface area contributed by atoms with Crippen molar-refractivity contribution in [3.63, 3.8) is 0 Å². The van der Waals surface area contributed by atoms with Gasteiger partial charge in [-0.3, -0.25) is 0 Å². The summed E-state index contributed by atoms with van der Waals surface area (Å²) in [5.74, 6) is -0.467. The van der Waals surface area contributed by atoms with Crippen LogP contribution in [0.4, 0.5) is 13.0 Å². The molecule has 0 atom stereocenters. The number of hydrogen-bond donors (Lipinski definition) is 0. The van der Waals surface area contributed by atoms with E-state index in [1.807, 2.05) is 0 Å². The quantitative estimate of drug-likeness (QED) is 0.704. The molecule has 1 aromatic heterocycles. The lowest BCUT2D eigenvalue weighted by Gasteiger charge is -2.31. The van der Waals surface area contributed by atoms with Gasteiger partial charge in [0, 0.05) is 23.4 Å². The highest BCUT2D eigenvalue weighted by Crippen LogP contribution is 2.40. The van der Waals surface area contributed by atoms with Crippen LogP contribution in [0.2, 0.25) is 5.02 Å². The highest BCUT2D eigenvalue weighted by molar-refractivity contribution is 6.57. The minimum Gasteiger partial charge on any atom is -0.396 e. The molecule has 0 spiro atoms. The van der Waals surface area contributed by atoms with Gasteiger partial charge in [0.25, 0.3) is 0 Å². The van der Waals surface area contributed by atoms with E-state index in [0.29, 0.717) is 22.5 Å². The molecule has 7 heteroatoms. The molecule has 1 aromatic carbocycles. The van der Waals surface area contributed by atoms with Gasteiger partial charge >= 0.3 is 6.97 Å². The Morgan fingerprint density at radius 1 is 1.18 bits per heavy atom. The van der Waals surface area contributed by atoms with Crippen molar-refractivity contribution in [1.82, 2.24) is 4.48 Å². The van der Waals surface area contributed by atoms with E-state index in [2.05, 4.69) is 0 Å². The van der Waals surface area contributed by atoms with E-state index in [1.165, 1.54) is 30.6 Å². The van der Waals surface area contributed by atoms with Gasteiger partial charge in [-0.1, -0.05) is 11.6 Å². The number of nitrogens with zero attached hydrogens (tertiary/aromatic N) is 2. The summed E-state index contributed by atoms with van der Waals surface area (Å²) in [6.07, 6.45) is 5.86. The zero-order valence-electron chi connectivity index (χ0n) is 11.2. The molecule has 2 nitrogen and oxygen atoms in total. The molecule has 2 aliphatic rings. The van der Waals surface area contributed by atoms with E-state index in [4.69, 9.17) is 11.6 Å². The molecule has 3 heterocycles. The van der Waals surface area contributed by atoms with E-state index in [1.54, 1.807) is 24.3 Å². The average molecular weight is 321 g/mol. The van der Waals surface area contributed by atoms with Crippen molar-refractivity contribution in [2.75, 3.05) is 0 Å². The second-order valence-electron chi connectivity index (χ2n) is 5.19. The van der Waals surface area contributed by atoms with Gasteiger partial charge in [0.05, 0.1) is 10.6 Å². The summed E-state index contributed by atoms with van der Waals surface area (Å²) < 4.78 is 44.4. The summed E-state index contributed by atoms with van der Waals surface area (Å²) in [5.41, 5.74) is 1.82. The molecule has 0 amide bonds. The Morgan fingerprint density at radius 2 is 2.00 bits per heavy atom. The lowest BCUT2D eigenvalue weighted by atomic mass is 9.86. The second kappa shape index (κ2) is 4.40. The summed E-state index contributed by atoms with van der Waals surface area (Å²) in [6.45, 7) is -3.94. The van der Waals surface area contributed by atoms with Crippen LogP contribution < -0.4 is 0 Å². The lowest BCUT2D eigenvalue weighted by molar-refractivity contribution is -0.356. The third-order valence-electron chi connectivity index (χ3n) is 3.94. The highest BCUT2D eigenvalue weighted by Gasteiger charge is 2.51. The van der Waals surface area contributed by atoms with Gasteiger partial charge in [-0.2, -0.15) is 0 Å². The fraction of sp³-hybridized carbons (Fsp3) is 0. The van der Waals surface area contributed by atoms with Crippen molar-refractivity contribution < 1.29 is 17.5 Å². The third kappa shape index (κ3) is 1.67. The Morgan fingerprint density at radius 3 is 2.77 bits per heavy atom. The molecular formula is C15H9BClF3N2. The molecule has 0 radical (unpaired) electrons. The molecule has 0 aliphatic carbocycles. The number of hydrogen-bond acceptors (Lipinski definition) is 0. The van der Waals surface area contributed by atoms with Crippen LogP contribution in [0.25, 0.3) is 5.57 Å². The molecule has 22 heavy (non-hydrogen) atoms. The Kier molecular flexibility index (Phi) is 2.69. The van der Waals surface area contributed by atoms with Crippen LogP contribution in [0.15, 0.2) is 54.4 Å². The number of rotatable bonds is 1.